The number of nitrogens with one attached hydrogen (secondary N) is 1. The van der Waals surface area contributed by atoms with E-state index in [0.29, 0.717) is 30.2 Å². The average Bonchev–Trinajstić information content (AvgIpc) is 3.22. The fraction of sp³-hybridized carbons (Fsp3) is 0.190. The molecular weight excluding hydrogens is 358 g/mol. The van der Waals surface area contributed by atoms with Gasteiger partial charge in [0.15, 0.2) is 5.76 Å². The van der Waals surface area contributed by atoms with Crippen molar-refractivity contribution in [3.05, 3.63) is 83.1 Å². The van der Waals surface area contributed by atoms with Crippen molar-refractivity contribution in [2.75, 3.05) is 11.9 Å². The highest BCUT2D eigenvalue weighted by Crippen LogP contribution is 2.24. The number of rotatable bonds is 4. The molecule has 0 unspecified atom stereocenters. The molecule has 3 heterocycles. The normalized spacial score (nSPS) is 13.1. The SMILES string of the molecule is O=C(Nc1ccc2c(c1)CN(C(=O)c1ccc(CO)o1)CC2)c1ccccn1. The van der Waals surface area contributed by atoms with E-state index in [2.05, 4.69) is 10.3 Å². The van der Waals surface area contributed by atoms with Gasteiger partial charge in [-0.1, -0.05) is 12.1 Å². The van der Waals surface area contributed by atoms with Crippen LogP contribution in [-0.2, 0) is 19.6 Å². The third-order valence-corrected chi connectivity index (χ3v) is 4.69. The molecule has 1 aromatic carbocycles. The van der Waals surface area contributed by atoms with Crippen molar-refractivity contribution in [3.63, 3.8) is 0 Å². The molecule has 4 rings (SSSR count). The molecule has 0 spiro atoms. The molecule has 2 aromatic heterocycles. The summed E-state index contributed by atoms with van der Waals surface area (Å²) in [7, 11) is 0. The third kappa shape index (κ3) is 3.65. The summed E-state index contributed by atoms with van der Waals surface area (Å²) < 4.78 is 5.36. The van der Waals surface area contributed by atoms with Crippen LogP contribution in [0.5, 0.6) is 0 Å². The number of aromatic nitrogens is 1. The molecule has 1 aliphatic heterocycles. The highest BCUT2D eigenvalue weighted by molar-refractivity contribution is 6.02. The molecule has 142 valence electrons. The van der Waals surface area contributed by atoms with E-state index < -0.39 is 0 Å². The molecule has 0 bridgehead atoms. The predicted octanol–water partition coefficient (Wildman–Crippen LogP) is 2.62. The smallest absolute Gasteiger partial charge is 0.289 e. The van der Waals surface area contributed by atoms with Gasteiger partial charge in [0.25, 0.3) is 11.8 Å². The van der Waals surface area contributed by atoms with Gasteiger partial charge in [-0.2, -0.15) is 0 Å². The topological polar surface area (TPSA) is 95.7 Å². The molecule has 0 fully saturated rings. The maximum absolute atomic E-state index is 12.7. The van der Waals surface area contributed by atoms with Crippen LogP contribution in [0.4, 0.5) is 5.69 Å². The van der Waals surface area contributed by atoms with Crippen LogP contribution >= 0.6 is 0 Å². The summed E-state index contributed by atoms with van der Waals surface area (Å²) in [6.07, 6.45) is 2.30. The first-order valence-corrected chi connectivity index (χ1v) is 8.97. The molecule has 7 heteroatoms. The average molecular weight is 377 g/mol. The molecule has 2 amide bonds. The number of amides is 2. The maximum Gasteiger partial charge on any atom is 0.289 e. The van der Waals surface area contributed by atoms with E-state index in [-0.39, 0.29) is 24.2 Å². The molecule has 0 aliphatic carbocycles. The Balaban J connectivity index is 1.49. The van der Waals surface area contributed by atoms with Gasteiger partial charge < -0.3 is 19.7 Å². The number of hydrogen-bond acceptors (Lipinski definition) is 5. The molecule has 1 aliphatic rings. The Kier molecular flexibility index (Phi) is 4.90. The van der Waals surface area contributed by atoms with E-state index in [1.165, 1.54) is 0 Å². The summed E-state index contributed by atoms with van der Waals surface area (Å²) in [6, 6.07) is 14.1. The van der Waals surface area contributed by atoms with Crippen molar-refractivity contribution in [1.82, 2.24) is 9.88 Å². The minimum absolute atomic E-state index is 0.215. The zero-order valence-electron chi connectivity index (χ0n) is 15.1. The van der Waals surface area contributed by atoms with E-state index in [4.69, 9.17) is 9.52 Å². The molecule has 0 atom stereocenters. The van der Waals surface area contributed by atoms with Crippen molar-refractivity contribution in [3.8, 4) is 0 Å². The van der Waals surface area contributed by atoms with Crippen molar-refractivity contribution < 1.29 is 19.1 Å². The summed E-state index contributed by atoms with van der Waals surface area (Å²) in [5.41, 5.74) is 3.13. The van der Waals surface area contributed by atoms with Crippen molar-refractivity contribution in [2.45, 2.75) is 19.6 Å². The number of nitrogens with zero attached hydrogens (tertiary/aromatic N) is 2. The molecule has 0 radical (unpaired) electrons. The molecule has 28 heavy (non-hydrogen) atoms. The van der Waals surface area contributed by atoms with Gasteiger partial charge in [-0.05, 0) is 53.9 Å². The number of fused-ring (bicyclic) bond motifs is 1. The van der Waals surface area contributed by atoms with Crippen LogP contribution in [0.15, 0.2) is 59.1 Å². The fourth-order valence-corrected chi connectivity index (χ4v) is 3.23. The van der Waals surface area contributed by atoms with Gasteiger partial charge in [0.1, 0.15) is 18.1 Å². The number of aliphatic hydroxyl groups excluding tert-OH is 1. The largest absolute Gasteiger partial charge is 0.453 e. The van der Waals surface area contributed by atoms with Gasteiger partial charge in [-0.25, -0.2) is 0 Å². The van der Waals surface area contributed by atoms with Gasteiger partial charge in [-0.15, -0.1) is 0 Å². The van der Waals surface area contributed by atoms with Crippen LogP contribution in [0.1, 0.15) is 37.9 Å². The van der Waals surface area contributed by atoms with Crippen LogP contribution in [0.3, 0.4) is 0 Å². The lowest BCUT2D eigenvalue weighted by atomic mass is 9.98. The maximum atomic E-state index is 12.7. The number of carbonyl (C=O) groups excluding carboxylic acids is 2. The Bertz CT molecular complexity index is 1010. The molecule has 3 aromatic rings. The lowest BCUT2D eigenvalue weighted by Crippen LogP contribution is -2.35. The van der Waals surface area contributed by atoms with Gasteiger partial charge in [-0.3, -0.25) is 14.6 Å². The van der Waals surface area contributed by atoms with Gasteiger partial charge >= 0.3 is 0 Å². The Hall–Kier alpha value is -3.45. The number of aliphatic hydroxyl groups is 1. The molecule has 0 saturated heterocycles. The van der Waals surface area contributed by atoms with Gasteiger partial charge in [0.2, 0.25) is 0 Å². The quantitative estimate of drug-likeness (QED) is 0.729. The second-order valence-electron chi connectivity index (χ2n) is 6.55. The zero-order valence-corrected chi connectivity index (χ0v) is 15.1. The first-order chi connectivity index (χ1) is 13.6. The Morgan fingerprint density at radius 1 is 1.14 bits per heavy atom. The fourth-order valence-electron chi connectivity index (χ4n) is 3.23. The number of benzene rings is 1. The second kappa shape index (κ2) is 7.66. The van der Waals surface area contributed by atoms with Crippen molar-refractivity contribution in [1.29, 1.82) is 0 Å². The first kappa shape index (κ1) is 17.9. The number of carbonyl (C=O) groups is 2. The zero-order chi connectivity index (χ0) is 19.5. The van der Waals surface area contributed by atoms with Crippen LogP contribution in [0.2, 0.25) is 0 Å². The monoisotopic (exact) mass is 377 g/mol. The number of hydrogen-bond donors (Lipinski definition) is 2. The summed E-state index contributed by atoms with van der Waals surface area (Å²) >= 11 is 0. The Morgan fingerprint density at radius 2 is 2.04 bits per heavy atom. The molecule has 7 nitrogen and oxygen atoms in total. The van der Waals surface area contributed by atoms with Crippen LogP contribution < -0.4 is 5.32 Å². The Labute approximate surface area is 161 Å². The van der Waals surface area contributed by atoms with Crippen LogP contribution in [0, 0.1) is 0 Å². The molecular formula is C21H19N3O4. The van der Waals surface area contributed by atoms with E-state index in [1.807, 2.05) is 18.2 Å². The van der Waals surface area contributed by atoms with E-state index in [1.54, 1.807) is 41.4 Å². The highest BCUT2D eigenvalue weighted by Gasteiger charge is 2.24. The highest BCUT2D eigenvalue weighted by atomic mass is 16.4. The summed E-state index contributed by atoms with van der Waals surface area (Å²) in [6.45, 7) is 0.771. The third-order valence-electron chi connectivity index (χ3n) is 4.69. The molecule has 2 N–H and O–H groups in total. The number of anilines is 1. The summed E-state index contributed by atoms with van der Waals surface area (Å²) in [5.74, 6) is 0.0806. The lowest BCUT2D eigenvalue weighted by molar-refractivity contribution is 0.0697. The minimum Gasteiger partial charge on any atom is -0.453 e. The number of furan rings is 1. The Morgan fingerprint density at radius 3 is 2.79 bits per heavy atom. The summed E-state index contributed by atoms with van der Waals surface area (Å²) in [5, 5.41) is 11.9. The predicted molar refractivity (Wildman–Crippen MR) is 102 cm³/mol. The first-order valence-electron chi connectivity index (χ1n) is 8.97. The van der Waals surface area contributed by atoms with Crippen LogP contribution in [-0.4, -0.2) is 33.3 Å². The van der Waals surface area contributed by atoms with E-state index >= 15 is 0 Å². The van der Waals surface area contributed by atoms with E-state index in [0.717, 1.165) is 17.5 Å². The lowest BCUT2D eigenvalue weighted by Gasteiger charge is -2.28. The van der Waals surface area contributed by atoms with Crippen molar-refractivity contribution in [2.24, 2.45) is 0 Å². The van der Waals surface area contributed by atoms with Gasteiger partial charge in [0, 0.05) is 25.0 Å². The second-order valence-corrected chi connectivity index (χ2v) is 6.55. The standard InChI is InChI=1S/C21H19N3O4/c25-13-17-6-7-19(28-17)21(27)24-10-8-14-4-5-16(11-15(14)12-24)23-20(26)18-3-1-2-9-22-18/h1-7,9,11,25H,8,10,12-13H2,(H,23,26). The molecule has 0 saturated carbocycles. The van der Waals surface area contributed by atoms with E-state index in [9.17, 15) is 9.59 Å². The van der Waals surface area contributed by atoms with Gasteiger partial charge in [0.05, 0.1) is 0 Å². The summed E-state index contributed by atoms with van der Waals surface area (Å²) in [4.78, 5) is 30.7. The minimum atomic E-state index is -0.281. The van der Waals surface area contributed by atoms with Crippen molar-refractivity contribution >= 4 is 17.5 Å². The number of pyridine rings is 1. The van der Waals surface area contributed by atoms with Crippen LogP contribution in [0.25, 0.3) is 0 Å².